The summed E-state index contributed by atoms with van der Waals surface area (Å²) < 4.78 is 6.36. The number of rotatable bonds is 3. The van der Waals surface area contributed by atoms with E-state index in [0.717, 1.165) is 23.8 Å². The normalized spacial score (nSPS) is 15.1. The van der Waals surface area contributed by atoms with Crippen molar-refractivity contribution in [2.24, 2.45) is 0 Å². The van der Waals surface area contributed by atoms with Crippen LogP contribution in [0.4, 0.5) is 0 Å². The molecule has 23 heavy (non-hydrogen) atoms. The zero-order chi connectivity index (χ0) is 16.6. The second-order valence-electron chi connectivity index (χ2n) is 5.64. The Morgan fingerprint density at radius 2 is 2.00 bits per heavy atom. The largest absolute Gasteiger partial charge is 0.478 e. The Labute approximate surface area is 131 Å². The number of aromatic carboxylic acids is 1. The van der Waals surface area contributed by atoms with E-state index in [4.69, 9.17) is 4.42 Å². The zero-order valence-corrected chi connectivity index (χ0v) is 12.7. The van der Waals surface area contributed by atoms with Crippen molar-refractivity contribution in [2.45, 2.75) is 32.7 Å². The van der Waals surface area contributed by atoms with Crippen molar-refractivity contribution >= 4 is 23.0 Å². The minimum atomic E-state index is -1.25. The van der Waals surface area contributed by atoms with Crippen LogP contribution in [0.25, 0.3) is 11.1 Å². The molecule has 2 aromatic rings. The number of likely N-dealkylation sites (tertiary alicyclic amines) is 1. The molecule has 8 heteroatoms. The van der Waals surface area contributed by atoms with E-state index in [-0.39, 0.29) is 34.9 Å². The predicted octanol–water partition coefficient (Wildman–Crippen LogP) is 1.01. The number of carbonyl (C=O) groups excluding carboxylic acids is 1. The van der Waals surface area contributed by atoms with Crippen molar-refractivity contribution in [2.75, 3.05) is 13.1 Å². The van der Waals surface area contributed by atoms with Crippen LogP contribution in [0.15, 0.2) is 15.5 Å². The lowest BCUT2D eigenvalue weighted by molar-refractivity contribution is -0.132. The van der Waals surface area contributed by atoms with Gasteiger partial charge in [0.05, 0.1) is 0 Å². The molecule has 2 aromatic heterocycles. The highest BCUT2D eigenvalue weighted by atomic mass is 16.4. The van der Waals surface area contributed by atoms with E-state index in [0.29, 0.717) is 13.1 Å². The molecule has 122 valence electrons. The third-order valence-corrected chi connectivity index (χ3v) is 4.08. The van der Waals surface area contributed by atoms with E-state index >= 15 is 0 Å². The highest BCUT2D eigenvalue weighted by Gasteiger charge is 2.23. The number of hydrogen-bond donors (Lipinski definition) is 1. The second-order valence-corrected chi connectivity index (χ2v) is 5.64. The first kappa shape index (κ1) is 15.3. The Balaban J connectivity index is 1.97. The average Bonchev–Trinajstić information content (AvgIpc) is 2.88. The van der Waals surface area contributed by atoms with Crippen LogP contribution in [0.5, 0.6) is 0 Å². The van der Waals surface area contributed by atoms with E-state index < -0.39 is 11.5 Å². The van der Waals surface area contributed by atoms with Crippen LogP contribution < -0.4 is 5.56 Å². The minimum absolute atomic E-state index is 0.0217. The summed E-state index contributed by atoms with van der Waals surface area (Å²) in [4.78, 5) is 41.8. The molecule has 0 aromatic carbocycles. The number of amides is 1. The number of hydrogen-bond acceptors (Lipinski definition) is 5. The van der Waals surface area contributed by atoms with Crippen molar-refractivity contribution in [3.8, 4) is 0 Å². The number of fused-ring (bicyclic) bond motifs is 1. The molecule has 0 atom stereocenters. The summed E-state index contributed by atoms with van der Waals surface area (Å²) in [6.07, 6.45) is 4.25. The molecule has 1 aliphatic rings. The van der Waals surface area contributed by atoms with Crippen molar-refractivity contribution in [1.29, 1.82) is 0 Å². The molecule has 1 saturated heterocycles. The van der Waals surface area contributed by atoms with Crippen molar-refractivity contribution in [3.63, 3.8) is 0 Å². The van der Waals surface area contributed by atoms with Gasteiger partial charge in [-0.1, -0.05) is 0 Å². The summed E-state index contributed by atoms with van der Waals surface area (Å²) in [5.74, 6) is -1.29. The molecule has 1 N–H and O–H groups in total. The van der Waals surface area contributed by atoms with Gasteiger partial charge < -0.3 is 14.4 Å². The molecular formula is C15H17N3O5. The van der Waals surface area contributed by atoms with Gasteiger partial charge in [0.15, 0.2) is 0 Å². The van der Waals surface area contributed by atoms with Gasteiger partial charge in [-0.2, -0.15) is 0 Å². The first-order valence-electron chi connectivity index (χ1n) is 7.48. The fraction of sp³-hybridized carbons (Fsp3) is 0.467. The summed E-state index contributed by atoms with van der Waals surface area (Å²) in [7, 11) is 0. The number of furan rings is 1. The number of aryl methyl sites for hydroxylation is 1. The van der Waals surface area contributed by atoms with E-state index in [9.17, 15) is 19.5 Å². The third kappa shape index (κ3) is 2.71. The van der Waals surface area contributed by atoms with Crippen LogP contribution in [0.1, 0.15) is 35.4 Å². The Morgan fingerprint density at radius 3 is 2.65 bits per heavy atom. The van der Waals surface area contributed by atoms with Crippen LogP contribution in [0.3, 0.4) is 0 Å². The number of carboxylic acids is 1. The predicted molar refractivity (Wildman–Crippen MR) is 80.4 cm³/mol. The first-order chi connectivity index (χ1) is 11.0. The summed E-state index contributed by atoms with van der Waals surface area (Å²) >= 11 is 0. The van der Waals surface area contributed by atoms with Gasteiger partial charge in [-0.15, -0.1) is 0 Å². The lowest BCUT2D eigenvalue weighted by Crippen LogP contribution is -2.39. The summed E-state index contributed by atoms with van der Waals surface area (Å²) in [6, 6.07) is 0. The Morgan fingerprint density at radius 1 is 1.30 bits per heavy atom. The SMILES string of the molecule is Cc1oc2ncn(CC(=O)N3CCCCC3)c(=O)c2c1C(=O)O. The molecular weight excluding hydrogens is 302 g/mol. The van der Waals surface area contributed by atoms with Gasteiger partial charge in [0.1, 0.15) is 29.6 Å². The monoisotopic (exact) mass is 319 g/mol. The molecule has 0 saturated carbocycles. The fourth-order valence-corrected chi connectivity index (χ4v) is 2.90. The average molecular weight is 319 g/mol. The molecule has 3 heterocycles. The van der Waals surface area contributed by atoms with Crippen molar-refractivity contribution in [1.82, 2.24) is 14.5 Å². The summed E-state index contributed by atoms with van der Waals surface area (Å²) in [5.41, 5.74) is -0.793. The van der Waals surface area contributed by atoms with Gasteiger partial charge in [0, 0.05) is 13.1 Å². The lowest BCUT2D eigenvalue weighted by atomic mass is 10.1. The Hall–Kier alpha value is -2.64. The van der Waals surface area contributed by atoms with Crippen molar-refractivity contribution in [3.05, 3.63) is 28.0 Å². The topological polar surface area (TPSA) is 106 Å². The molecule has 0 unspecified atom stereocenters. The summed E-state index contributed by atoms with van der Waals surface area (Å²) in [6.45, 7) is 2.70. The standard InChI is InChI=1S/C15H17N3O5/c1-9-11(15(21)22)12-13(23-9)16-8-18(14(12)20)7-10(19)17-5-3-2-4-6-17/h8H,2-7H2,1H3,(H,21,22). The molecule has 1 fully saturated rings. The zero-order valence-electron chi connectivity index (χ0n) is 12.7. The molecule has 3 rings (SSSR count). The fourth-order valence-electron chi connectivity index (χ4n) is 2.90. The quantitative estimate of drug-likeness (QED) is 0.905. The third-order valence-electron chi connectivity index (χ3n) is 4.08. The lowest BCUT2D eigenvalue weighted by Gasteiger charge is -2.26. The molecule has 0 bridgehead atoms. The van der Waals surface area contributed by atoms with Gasteiger partial charge >= 0.3 is 5.97 Å². The van der Waals surface area contributed by atoms with Gasteiger partial charge in [-0.25, -0.2) is 9.78 Å². The minimum Gasteiger partial charge on any atom is -0.478 e. The highest BCUT2D eigenvalue weighted by Crippen LogP contribution is 2.20. The first-order valence-corrected chi connectivity index (χ1v) is 7.48. The molecule has 0 aliphatic carbocycles. The van der Waals surface area contributed by atoms with Crippen LogP contribution in [0.2, 0.25) is 0 Å². The Bertz CT molecular complexity index is 829. The number of piperidine rings is 1. The van der Waals surface area contributed by atoms with E-state index in [2.05, 4.69) is 4.98 Å². The van der Waals surface area contributed by atoms with E-state index in [1.165, 1.54) is 13.3 Å². The van der Waals surface area contributed by atoms with Gasteiger partial charge in [-0.05, 0) is 26.2 Å². The van der Waals surface area contributed by atoms with Gasteiger partial charge in [0.2, 0.25) is 11.6 Å². The molecule has 0 radical (unpaired) electrons. The maximum Gasteiger partial charge on any atom is 0.340 e. The van der Waals surface area contributed by atoms with Crippen LogP contribution in [-0.4, -0.2) is 44.5 Å². The summed E-state index contributed by atoms with van der Waals surface area (Å²) in [5, 5.41) is 9.15. The number of carbonyl (C=O) groups is 2. The van der Waals surface area contributed by atoms with Crippen molar-refractivity contribution < 1.29 is 19.1 Å². The van der Waals surface area contributed by atoms with Crippen LogP contribution >= 0.6 is 0 Å². The molecule has 1 amide bonds. The second kappa shape index (κ2) is 5.86. The molecule has 8 nitrogen and oxygen atoms in total. The van der Waals surface area contributed by atoms with Gasteiger partial charge in [-0.3, -0.25) is 14.2 Å². The number of nitrogens with zero attached hydrogens (tertiary/aromatic N) is 3. The van der Waals surface area contributed by atoms with Gasteiger partial charge in [0.25, 0.3) is 5.56 Å². The van der Waals surface area contributed by atoms with E-state index in [1.807, 2.05) is 0 Å². The number of carboxylic acid groups (broad SMARTS) is 1. The molecule has 0 spiro atoms. The highest BCUT2D eigenvalue weighted by molar-refractivity contribution is 6.02. The smallest absolute Gasteiger partial charge is 0.340 e. The number of aromatic nitrogens is 2. The molecule has 1 aliphatic heterocycles. The van der Waals surface area contributed by atoms with E-state index in [1.54, 1.807) is 4.90 Å². The van der Waals surface area contributed by atoms with Crippen LogP contribution in [-0.2, 0) is 11.3 Å². The van der Waals surface area contributed by atoms with Crippen LogP contribution in [0, 0.1) is 6.92 Å². The maximum absolute atomic E-state index is 12.5. The Kier molecular flexibility index (Phi) is 3.89. The maximum atomic E-state index is 12.5.